The van der Waals surface area contributed by atoms with Crippen LogP contribution >= 0.6 is 47.5 Å². The van der Waals surface area contributed by atoms with Crippen molar-refractivity contribution in [1.82, 2.24) is 4.98 Å². The molecule has 2 heterocycles. The van der Waals surface area contributed by atoms with Crippen LogP contribution in [0.15, 0.2) is 22.5 Å². The third kappa shape index (κ3) is 7.05. The molecule has 130 valence electrons. The molecule has 5 N–H and O–H groups in total. The van der Waals surface area contributed by atoms with Crippen molar-refractivity contribution < 1.29 is 0 Å². The predicted molar refractivity (Wildman–Crippen MR) is 107 cm³/mol. The Kier molecular flexibility index (Phi) is 11.2. The maximum absolute atomic E-state index is 5.85. The molecule has 0 aliphatic rings. The fourth-order valence-corrected chi connectivity index (χ4v) is 3.42. The number of halogens is 2. The first kappa shape index (κ1) is 22.1. The molecule has 0 atom stereocenters. The van der Waals surface area contributed by atoms with Crippen LogP contribution in [0.4, 0.5) is 5.13 Å². The van der Waals surface area contributed by atoms with Crippen LogP contribution in [0.3, 0.4) is 0 Å². The second-order valence-electron chi connectivity index (χ2n) is 4.61. The van der Waals surface area contributed by atoms with Crippen LogP contribution in [0, 0.1) is 0 Å². The van der Waals surface area contributed by atoms with Crippen LogP contribution in [0.1, 0.15) is 31.1 Å². The summed E-state index contributed by atoms with van der Waals surface area (Å²) in [5.74, 6) is 0.431. The third-order valence-electron chi connectivity index (χ3n) is 2.90. The molecule has 2 rings (SSSR count). The van der Waals surface area contributed by atoms with Gasteiger partial charge in [0.1, 0.15) is 0 Å². The zero-order valence-electron chi connectivity index (χ0n) is 12.9. The molecule has 0 saturated heterocycles. The van der Waals surface area contributed by atoms with E-state index in [9.17, 15) is 0 Å². The van der Waals surface area contributed by atoms with Gasteiger partial charge in [0.2, 0.25) is 0 Å². The van der Waals surface area contributed by atoms with Gasteiger partial charge < -0.3 is 16.8 Å². The summed E-state index contributed by atoms with van der Waals surface area (Å²) < 4.78 is 0. The van der Waals surface area contributed by atoms with Gasteiger partial charge >= 0.3 is 0 Å². The number of hydrogen-bond acceptors (Lipinski definition) is 5. The van der Waals surface area contributed by atoms with Crippen molar-refractivity contribution in [1.29, 1.82) is 0 Å². The van der Waals surface area contributed by atoms with Crippen molar-refractivity contribution in [2.24, 2.45) is 16.5 Å². The van der Waals surface area contributed by atoms with Gasteiger partial charge in [-0.2, -0.15) is 0 Å². The smallest absolute Gasteiger partial charge is 0.194 e. The minimum Gasteiger partial charge on any atom is -0.370 e. The predicted octanol–water partition coefficient (Wildman–Crippen LogP) is 4.09. The Morgan fingerprint density at radius 3 is 2.74 bits per heavy atom. The van der Waals surface area contributed by atoms with Gasteiger partial charge in [0.15, 0.2) is 11.1 Å². The largest absolute Gasteiger partial charge is 0.370 e. The van der Waals surface area contributed by atoms with Crippen molar-refractivity contribution in [3.8, 4) is 10.6 Å². The second kappa shape index (κ2) is 11.6. The molecule has 0 aromatic carbocycles. The molecule has 0 bridgehead atoms. The van der Waals surface area contributed by atoms with Gasteiger partial charge in [-0.3, -0.25) is 4.99 Å². The van der Waals surface area contributed by atoms with Gasteiger partial charge in [0.25, 0.3) is 0 Å². The molecule has 0 spiro atoms. The highest BCUT2D eigenvalue weighted by Crippen LogP contribution is 2.30. The minimum absolute atomic E-state index is 0. The summed E-state index contributed by atoms with van der Waals surface area (Å²) >= 11 is 3.19. The maximum Gasteiger partial charge on any atom is 0.194 e. The highest BCUT2D eigenvalue weighted by Gasteiger charge is 2.07. The van der Waals surface area contributed by atoms with Gasteiger partial charge in [0, 0.05) is 23.3 Å². The zero-order valence-corrected chi connectivity index (χ0v) is 16.2. The highest BCUT2D eigenvalue weighted by atomic mass is 35.5. The Hall–Kier alpha value is -0.860. The monoisotopic (exact) mass is 395 g/mol. The first-order valence-corrected chi connectivity index (χ1v) is 8.74. The fraction of sp³-hybridized carbons (Fsp3) is 0.429. The number of aliphatic imine (C=N–C) groups is 1. The molecule has 5 nitrogen and oxygen atoms in total. The zero-order chi connectivity index (χ0) is 15.1. The van der Waals surface area contributed by atoms with E-state index in [0.29, 0.717) is 12.5 Å². The van der Waals surface area contributed by atoms with E-state index in [2.05, 4.69) is 22.2 Å². The topological polar surface area (TPSA) is 89.3 Å². The number of unbranched alkanes of at least 4 members (excludes halogenated alkanes) is 2. The average Bonchev–Trinajstić information content (AvgIpc) is 3.12. The molecular formula is C14H23Cl2N5S2. The molecule has 0 amide bonds. The van der Waals surface area contributed by atoms with Crippen LogP contribution in [-0.4, -0.2) is 17.5 Å². The van der Waals surface area contributed by atoms with E-state index in [4.69, 9.17) is 11.5 Å². The van der Waals surface area contributed by atoms with Crippen molar-refractivity contribution in [2.75, 3.05) is 11.9 Å². The number of hydrogen-bond donors (Lipinski definition) is 3. The Labute approximate surface area is 157 Å². The standard InChI is InChI=1S/C14H21N5S2.2ClH/c1-2-3-4-7-17-13(16)19-14-18-11(9-20-14)12-6-5-10(8-15)21-12;;/h5-6,9H,2-4,7-8,15H2,1H3,(H3,16,17,18,19);2*1H. The van der Waals surface area contributed by atoms with E-state index in [0.717, 1.165) is 33.5 Å². The third-order valence-corrected chi connectivity index (χ3v) is 4.79. The van der Waals surface area contributed by atoms with E-state index in [1.165, 1.54) is 24.2 Å². The van der Waals surface area contributed by atoms with Gasteiger partial charge in [-0.25, -0.2) is 4.98 Å². The Morgan fingerprint density at radius 1 is 1.30 bits per heavy atom. The lowest BCUT2D eigenvalue weighted by atomic mass is 10.2. The van der Waals surface area contributed by atoms with Crippen LogP contribution < -0.4 is 16.8 Å². The van der Waals surface area contributed by atoms with Crippen LogP contribution in [0.25, 0.3) is 10.6 Å². The van der Waals surface area contributed by atoms with Crippen molar-refractivity contribution in [3.63, 3.8) is 0 Å². The fourth-order valence-electron chi connectivity index (χ4n) is 1.78. The summed E-state index contributed by atoms with van der Waals surface area (Å²) in [7, 11) is 0. The number of thiophene rings is 1. The van der Waals surface area contributed by atoms with E-state index < -0.39 is 0 Å². The second-order valence-corrected chi connectivity index (χ2v) is 6.63. The molecule has 9 heteroatoms. The molecule has 0 aliphatic heterocycles. The van der Waals surface area contributed by atoms with Gasteiger partial charge in [-0.15, -0.1) is 47.5 Å². The summed E-state index contributed by atoms with van der Waals surface area (Å²) in [6.45, 7) is 3.50. The van der Waals surface area contributed by atoms with E-state index >= 15 is 0 Å². The average molecular weight is 396 g/mol. The van der Waals surface area contributed by atoms with Crippen molar-refractivity contribution in [3.05, 3.63) is 22.4 Å². The van der Waals surface area contributed by atoms with E-state index in [-0.39, 0.29) is 24.8 Å². The molecule has 0 radical (unpaired) electrons. The van der Waals surface area contributed by atoms with Gasteiger partial charge in [-0.1, -0.05) is 19.8 Å². The number of rotatable bonds is 7. The molecule has 0 saturated carbocycles. The number of aromatic nitrogens is 1. The minimum atomic E-state index is 0. The lowest BCUT2D eigenvalue weighted by Crippen LogP contribution is -2.22. The first-order valence-electron chi connectivity index (χ1n) is 7.04. The number of nitrogens with zero attached hydrogens (tertiary/aromatic N) is 2. The maximum atomic E-state index is 5.85. The lowest BCUT2D eigenvalue weighted by Gasteiger charge is -2.01. The normalized spacial score (nSPS) is 10.8. The summed E-state index contributed by atoms with van der Waals surface area (Å²) in [5, 5.41) is 5.83. The highest BCUT2D eigenvalue weighted by molar-refractivity contribution is 7.17. The SMILES string of the molecule is CCCCCN=C(N)Nc1nc(-c2ccc(CN)s2)cs1.Cl.Cl. The molecule has 0 fully saturated rings. The molecule has 0 unspecified atom stereocenters. The number of guanidine groups is 1. The Bertz CT molecular complexity index is 598. The van der Waals surface area contributed by atoms with E-state index in [1.807, 2.05) is 17.5 Å². The number of thiazole rings is 1. The van der Waals surface area contributed by atoms with Crippen molar-refractivity contribution in [2.45, 2.75) is 32.7 Å². The van der Waals surface area contributed by atoms with Crippen LogP contribution in [-0.2, 0) is 6.54 Å². The van der Waals surface area contributed by atoms with Gasteiger partial charge in [0.05, 0.1) is 10.6 Å². The molecule has 0 aliphatic carbocycles. The lowest BCUT2D eigenvalue weighted by molar-refractivity contribution is 0.727. The summed E-state index contributed by atoms with van der Waals surface area (Å²) in [6.07, 6.45) is 3.43. The summed E-state index contributed by atoms with van der Waals surface area (Å²) in [4.78, 5) is 11.1. The quantitative estimate of drug-likeness (QED) is 0.374. The Morgan fingerprint density at radius 2 is 2.09 bits per heavy atom. The first-order chi connectivity index (χ1) is 10.2. The Balaban J connectivity index is 0.00000242. The molecule has 2 aromatic rings. The molecule has 23 heavy (non-hydrogen) atoms. The van der Waals surface area contributed by atoms with Gasteiger partial charge in [-0.05, 0) is 18.6 Å². The van der Waals surface area contributed by atoms with Crippen molar-refractivity contribution >= 4 is 58.6 Å². The summed E-state index contributed by atoms with van der Waals surface area (Å²) in [5.41, 5.74) is 12.4. The number of anilines is 1. The van der Waals surface area contributed by atoms with Crippen LogP contribution in [0.2, 0.25) is 0 Å². The molecule has 2 aromatic heterocycles. The van der Waals surface area contributed by atoms with E-state index in [1.54, 1.807) is 11.3 Å². The number of nitrogens with two attached hydrogens (primary N) is 2. The molecular weight excluding hydrogens is 373 g/mol. The summed E-state index contributed by atoms with van der Waals surface area (Å²) in [6, 6.07) is 4.09. The van der Waals surface area contributed by atoms with Crippen LogP contribution in [0.5, 0.6) is 0 Å². The number of nitrogens with one attached hydrogen (secondary N) is 1.